The minimum absolute atomic E-state index is 0.0708. The number of furan rings is 1. The number of hydrogen-bond donors (Lipinski definition) is 1. The van der Waals surface area contributed by atoms with E-state index in [2.05, 4.69) is 53.8 Å². The van der Waals surface area contributed by atoms with Crippen LogP contribution in [0.1, 0.15) is 29.2 Å². The van der Waals surface area contributed by atoms with Gasteiger partial charge in [0.15, 0.2) is 0 Å². The maximum atomic E-state index is 12.1. The third-order valence-electron chi connectivity index (χ3n) is 4.22. The molecule has 26 heavy (non-hydrogen) atoms. The van der Waals surface area contributed by atoms with E-state index in [9.17, 15) is 4.79 Å². The molecule has 3 nitrogen and oxygen atoms in total. The van der Waals surface area contributed by atoms with E-state index in [-0.39, 0.29) is 11.8 Å². The molecular weight excluding hydrogens is 342 g/mol. The van der Waals surface area contributed by atoms with Crippen molar-refractivity contribution in [1.29, 1.82) is 0 Å². The van der Waals surface area contributed by atoms with E-state index in [4.69, 9.17) is 4.42 Å². The zero-order valence-electron chi connectivity index (χ0n) is 14.6. The van der Waals surface area contributed by atoms with Crippen molar-refractivity contribution in [3.05, 3.63) is 95.9 Å². The molecule has 1 aromatic heterocycles. The van der Waals surface area contributed by atoms with Crippen LogP contribution in [0.15, 0.2) is 83.5 Å². The predicted molar refractivity (Wildman–Crippen MR) is 107 cm³/mol. The summed E-state index contributed by atoms with van der Waals surface area (Å²) in [5.74, 6) is 2.42. The summed E-state index contributed by atoms with van der Waals surface area (Å²) in [6, 6.07) is 24.7. The van der Waals surface area contributed by atoms with Gasteiger partial charge in [-0.15, -0.1) is 11.8 Å². The topological polar surface area (TPSA) is 42.2 Å². The Morgan fingerprint density at radius 2 is 1.58 bits per heavy atom. The van der Waals surface area contributed by atoms with Crippen LogP contribution >= 0.6 is 11.8 Å². The molecule has 0 atom stereocenters. The SMILES string of the molecule is O=C(CSCc1ccco1)NCCC(c1ccccc1)c1ccccc1. The second-order valence-electron chi connectivity index (χ2n) is 6.08. The molecule has 0 spiro atoms. The van der Waals surface area contributed by atoms with Crippen molar-refractivity contribution < 1.29 is 9.21 Å². The maximum Gasteiger partial charge on any atom is 0.230 e. The van der Waals surface area contributed by atoms with Crippen LogP contribution in [0, 0.1) is 0 Å². The normalized spacial score (nSPS) is 10.8. The maximum absolute atomic E-state index is 12.1. The Labute approximate surface area is 158 Å². The highest BCUT2D eigenvalue weighted by molar-refractivity contribution is 7.99. The van der Waals surface area contributed by atoms with E-state index in [1.165, 1.54) is 11.1 Å². The number of benzene rings is 2. The number of carbonyl (C=O) groups excluding carboxylic acids is 1. The Bertz CT molecular complexity index is 733. The van der Waals surface area contributed by atoms with Crippen LogP contribution in [-0.2, 0) is 10.5 Å². The molecule has 0 saturated carbocycles. The standard InChI is InChI=1S/C22H23NO2S/c24-22(17-26-16-20-12-7-15-25-20)23-14-13-21(18-8-3-1-4-9-18)19-10-5-2-6-11-19/h1-12,15,21H,13-14,16-17H2,(H,23,24). The first-order valence-electron chi connectivity index (χ1n) is 8.79. The van der Waals surface area contributed by atoms with Gasteiger partial charge in [0.25, 0.3) is 0 Å². The minimum Gasteiger partial charge on any atom is -0.468 e. The third-order valence-corrected chi connectivity index (χ3v) is 5.17. The first-order valence-corrected chi connectivity index (χ1v) is 9.95. The molecule has 0 saturated heterocycles. The Kier molecular flexibility index (Phi) is 6.96. The van der Waals surface area contributed by atoms with Gasteiger partial charge < -0.3 is 9.73 Å². The highest BCUT2D eigenvalue weighted by Gasteiger charge is 2.14. The zero-order chi connectivity index (χ0) is 18.0. The Balaban J connectivity index is 1.49. The number of amides is 1. The van der Waals surface area contributed by atoms with E-state index in [1.54, 1.807) is 18.0 Å². The van der Waals surface area contributed by atoms with E-state index in [0.717, 1.165) is 17.9 Å². The summed E-state index contributed by atoms with van der Waals surface area (Å²) in [6.07, 6.45) is 2.53. The number of hydrogen-bond acceptors (Lipinski definition) is 3. The predicted octanol–water partition coefficient (Wildman–Crippen LogP) is 4.85. The lowest BCUT2D eigenvalue weighted by atomic mass is 9.88. The van der Waals surface area contributed by atoms with Crippen LogP contribution < -0.4 is 5.32 Å². The molecule has 0 aliphatic heterocycles. The molecule has 1 N–H and O–H groups in total. The van der Waals surface area contributed by atoms with Gasteiger partial charge in [0.1, 0.15) is 5.76 Å². The third kappa shape index (κ3) is 5.53. The molecule has 0 bridgehead atoms. The van der Waals surface area contributed by atoms with E-state index in [1.807, 2.05) is 24.3 Å². The smallest absolute Gasteiger partial charge is 0.230 e. The lowest BCUT2D eigenvalue weighted by Crippen LogP contribution is -2.27. The zero-order valence-corrected chi connectivity index (χ0v) is 15.5. The highest BCUT2D eigenvalue weighted by Crippen LogP contribution is 2.27. The molecule has 3 aromatic rings. The fraction of sp³-hybridized carbons (Fsp3) is 0.227. The van der Waals surface area contributed by atoms with Crippen molar-refractivity contribution in [3.63, 3.8) is 0 Å². The monoisotopic (exact) mass is 365 g/mol. The summed E-state index contributed by atoms with van der Waals surface area (Å²) in [5, 5.41) is 3.04. The van der Waals surface area contributed by atoms with Crippen molar-refractivity contribution in [3.8, 4) is 0 Å². The number of rotatable bonds is 9. The molecule has 3 rings (SSSR count). The van der Waals surface area contributed by atoms with Crippen molar-refractivity contribution in [2.45, 2.75) is 18.1 Å². The Hall–Kier alpha value is -2.46. The fourth-order valence-corrected chi connectivity index (χ4v) is 3.70. The Morgan fingerprint density at radius 3 is 2.15 bits per heavy atom. The molecular formula is C22H23NO2S. The van der Waals surface area contributed by atoms with E-state index < -0.39 is 0 Å². The summed E-state index contributed by atoms with van der Waals surface area (Å²) < 4.78 is 5.27. The summed E-state index contributed by atoms with van der Waals surface area (Å²) in [5.41, 5.74) is 2.56. The van der Waals surface area contributed by atoms with Crippen LogP contribution in [0.2, 0.25) is 0 Å². The van der Waals surface area contributed by atoms with E-state index in [0.29, 0.717) is 12.3 Å². The molecule has 4 heteroatoms. The molecule has 0 aliphatic rings. The molecule has 0 unspecified atom stereocenters. The van der Waals surface area contributed by atoms with Crippen LogP contribution in [-0.4, -0.2) is 18.2 Å². The van der Waals surface area contributed by atoms with Gasteiger partial charge in [0, 0.05) is 12.5 Å². The summed E-state index contributed by atoms with van der Waals surface area (Å²) in [4.78, 5) is 12.1. The molecule has 0 radical (unpaired) electrons. The van der Waals surface area contributed by atoms with E-state index >= 15 is 0 Å². The summed E-state index contributed by atoms with van der Waals surface area (Å²) in [7, 11) is 0. The van der Waals surface area contributed by atoms with Crippen molar-refractivity contribution in [2.24, 2.45) is 0 Å². The van der Waals surface area contributed by atoms with Crippen LogP contribution in [0.25, 0.3) is 0 Å². The molecule has 1 heterocycles. The summed E-state index contributed by atoms with van der Waals surface area (Å²) in [6.45, 7) is 0.661. The summed E-state index contributed by atoms with van der Waals surface area (Å²) >= 11 is 1.56. The molecule has 0 aliphatic carbocycles. The molecule has 0 fully saturated rings. The van der Waals surface area contributed by atoms with Crippen molar-refractivity contribution in [1.82, 2.24) is 5.32 Å². The quantitative estimate of drug-likeness (QED) is 0.589. The van der Waals surface area contributed by atoms with Gasteiger partial charge in [-0.1, -0.05) is 60.7 Å². The lowest BCUT2D eigenvalue weighted by Gasteiger charge is -2.18. The molecule has 2 aromatic carbocycles. The van der Waals surface area contributed by atoms with Gasteiger partial charge in [0.05, 0.1) is 17.8 Å². The van der Waals surface area contributed by atoms with Gasteiger partial charge in [0.2, 0.25) is 5.91 Å². The first kappa shape index (κ1) is 18.3. The highest BCUT2D eigenvalue weighted by atomic mass is 32.2. The largest absolute Gasteiger partial charge is 0.468 e. The van der Waals surface area contributed by atoms with Crippen molar-refractivity contribution in [2.75, 3.05) is 12.3 Å². The minimum atomic E-state index is 0.0708. The van der Waals surface area contributed by atoms with Gasteiger partial charge >= 0.3 is 0 Å². The average Bonchev–Trinajstić information content (AvgIpc) is 3.20. The second-order valence-corrected chi connectivity index (χ2v) is 7.07. The molecule has 134 valence electrons. The molecule has 1 amide bonds. The average molecular weight is 365 g/mol. The second kappa shape index (κ2) is 9.88. The van der Waals surface area contributed by atoms with Crippen molar-refractivity contribution >= 4 is 17.7 Å². The fourth-order valence-electron chi connectivity index (χ4n) is 2.94. The number of nitrogens with one attached hydrogen (secondary N) is 1. The van der Waals surface area contributed by atoms with Gasteiger partial charge in [-0.25, -0.2) is 0 Å². The Morgan fingerprint density at radius 1 is 0.923 bits per heavy atom. The van der Waals surface area contributed by atoms with Gasteiger partial charge in [-0.2, -0.15) is 0 Å². The number of carbonyl (C=O) groups is 1. The van der Waals surface area contributed by atoms with Gasteiger partial charge in [-0.3, -0.25) is 4.79 Å². The first-order chi connectivity index (χ1) is 12.8. The lowest BCUT2D eigenvalue weighted by molar-refractivity contribution is -0.118. The number of thioether (sulfide) groups is 1. The van der Waals surface area contributed by atoms with Gasteiger partial charge in [-0.05, 0) is 29.7 Å². The van der Waals surface area contributed by atoms with Crippen LogP contribution in [0.5, 0.6) is 0 Å². The van der Waals surface area contributed by atoms with Crippen LogP contribution in [0.3, 0.4) is 0 Å². The van der Waals surface area contributed by atoms with Crippen LogP contribution in [0.4, 0.5) is 0 Å².